The maximum absolute atomic E-state index is 5.47. The molecular formula is C49H32N8. The monoisotopic (exact) mass is 732 g/mol. The van der Waals surface area contributed by atoms with Crippen molar-refractivity contribution in [2.75, 3.05) is 0 Å². The van der Waals surface area contributed by atoms with Gasteiger partial charge in [0, 0.05) is 28.3 Å². The highest BCUT2D eigenvalue weighted by molar-refractivity contribution is 5.88. The Kier molecular flexibility index (Phi) is 7.63. The van der Waals surface area contributed by atoms with E-state index in [4.69, 9.17) is 24.9 Å². The summed E-state index contributed by atoms with van der Waals surface area (Å²) in [5.74, 6) is 4.29. The molecule has 11 aromatic rings. The molecule has 0 saturated heterocycles. The second-order valence-electron chi connectivity index (χ2n) is 13.8. The average Bonchev–Trinajstić information content (AvgIpc) is 3.99. The molecule has 0 spiro atoms. The lowest BCUT2D eigenvalue weighted by atomic mass is 10.1. The molecule has 0 bridgehead atoms. The quantitative estimate of drug-likeness (QED) is 0.163. The van der Waals surface area contributed by atoms with Crippen LogP contribution in [-0.4, -0.2) is 38.6 Å². The van der Waals surface area contributed by atoms with Crippen molar-refractivity contribution in [2.45, 2.75) is 0 Å². The summed E-state index contributed by atoms with van der Waals surface area (Å²) in [5.41, 5.74) is 10.2. The summed E-state index contributed by atoms with van der Waals surface area (Å²) >= 11 is 0. The minimum absolute atomic E-state index is 0.545. The molecule has 57 heavy (non-hydrogen) atoms. The zero-order valence-electron chi connectivity index (χ0n) is 30.6. The Balaban J connectivity index is 1.24. The van der Waals surface area contributed by atoms with Gasteiger partial charge in [-0.1, -0.05) is 140 Å². The van der Waals surface area contributed by atoms with Gasteiger partial charge in [0.25, 0.3) is 0 Å². The number of imidazole rings is 3. The third-order valence-corrected chi connectivity index (χ3v) is 10.3. The number of hydrogen-bond donors (Lipinski definition) is 0. The molecule has 4 heterocycles. The fourth-order valence-electron chi connectivity index (χ4n) is 7.76. The summed E-state index contributed by atoms with van der Waals surface area (Å²) in [6.45, 7) is 0. The van der Waals surface area contributed by atoms with Gasteiger partial charge in [0.1, 0.15) is 29.1 Å². The van der Waals surface area contributed by atoms with Crippen molar-refractivity contribution >= 4 is 33.1 Å². The van der Waals surface area contributed by atoms with E-state index < -0.39 is 0 Å². The fraction of sp³-hybridized carbons (Fsp3) is 0. The number of para-hydroxylation sites is 7. The number of aromatic nitrogens is 8. The van der Waals surface area contributed by atoms with Gasteiger partial charge in [0.05, 0.1) is 38.8 Å². The average molecular weight is 733 g/mol. The van der Waals surface area contributed by atoms with Crippen molar-refractivity contribution in [3.63, 3.8) is 0 Å². The zero-order chi connectivity index (χ0) is 37.7. The van der Waals surface area contributed by atoms with Crippen LogP contribution in [0.2, 0.25) is 0 Å². The van der Waals surface area contributed by atoms with E-state index in [1.54, 1.807) is 0 Å². The summed E-state index contributed by atoms with van der Waals surface area (Å²) in [4.78, 5) is 26.5. The lowest BCUT2D eigenvalue weighted by molar-refractivity contribution is 0.957. The van der Waals surface area contributed by atoms with E-state index in [0.717, 1.165) is 78.5 Å². The predicted octanol–water partition coefficient (Wildman–Crippen LogP) is 11.2. The van der Waals surface area contributed by atoms with E-state index >= 15 is 0 Å². The second-order valence-corrected chi connectivity index (χ2v) is 13.8. The first-order valence-electron chi connectivity index (χ1n) is 18.9. The van der Waals surface area contributed by atoms with Gasteiger partial charge in [-0.15, -0.1) is 0 Å². The molecule has 0 N–H and O–H groups in total. The summed E-state index contributed by atoms with van der Waals surface area (Å²) in [5, 5.41) is 0. The van der Waals surface area contributed by atoms with Gasteiger partial charge in [-0.25, -0.2) is 24.9 Å². The maximum Gasteiger partial charge on any atom is 0.166 e. The van der Waals surface area contributed by atoms with Crippen molar-refractivity contribution in [1.82, 2.24) is 38.6 Å². The highest BCUT2D eigenvalue weighted by atomic mass is 15.2. The van der Waals surface area contributed by atoms with Crippen LogP contribution in [0.5, 0.6) is 0 Å². The SMILES string of the molecule is c1ccc(-c2nc3ccccc3n2-c2cc(-n3c(-c4ccccc4)nc4ccccc43)nc(-c3ccccc3-n3c(-c4ccccc4)nc4ccccc43)n2)cc1. The van der Waals surface area contributed by atoms with Crippen molar-refractivity contribution < 1.29 is 0 Å². The molecule has 7 aromatic carbocycles. The summed E-state index contributed by atoms with van der Waals surface area (Å²) in [6.07, 6.45) is 0. The Bertz CT molecular complexity index is 3100. The molecule has 0 amide bonds. The standard InChI is InChI=1S/C49H32N8/c1-4-18-33(19-5-1)47-50-37-25-11-15-29-41(37)55(47)40-28-14-10-24-36(40)46-53-44(56-42-30-16-12-26-38(42)51-48(56)34-20-6-2-7-21-34)32-45(54-46)57-43-31-17-13-27-39(43)52-49(57)35-22-8-3-9-23-35/h1-32H. The molecule has 8 nitrogen and oxygen atoms in total. The third-order valence-electron chi connectivity index (χ3n) is 10.3. The van der Waals surface area contributed by atoms with Gasteiger partial charge < -0.3 is 0 Å². The van der Waals surface area contributed by atoms with Crippen LogP contribution in [0, 0.1) is 0 Å². The largest absolute Gasteiger partial charge is 0.292 e. The van der Waals surface area contributed by atoms with E-state index in [9.17, 15) is 0 Å². The smallest absolute Gasteiger partial charge is 0.166 e. The first-order chi connectivity index (χ1) is 28.3. The molecule has 11 rings (SSSR count). The molecule has 0 aliphatic heterocycles. The van der Waals surface area contributed by atoms with Crippen LogP contribution < -0.4 is 0 Å². The van der Waals surface area contributed by atoms with Gasteiger partial charge in [0.15, 0.2) is 5.82 Å². The van der Waals surface area contributed by atoms with E-state index in [-0.39, 0.29) is 0 Å². The summed E-state index contributed by atoms with van der Waals surface area (Å²) < 4.78 is 6.51. The molecule has 8 heteroatoms. The van der Waals surface area contributed by atoms with Crippen LogP contribution in [0.25, 0.3) is 96.0 Å². The van der Waals surface area contributed by atoms with E-state index in [1.165, 1.54) is 0 Å². The van der Waals surface area contributed by atoms with Crippen molar-refractivity contribution in [1.29, 1.82) is 0 Å². The summed E-state index contributed by atoms with van der Waals surface area (Å²) in [7, 11) is 0. The third kappa shape index (κ3) is 5.50. The van der Waals surface area contributed by atoms with Crippen LogP contribution in [-0.2, 0) is 0 Å². The van der Waals surface area contributed by atoms with Gasteiger partial charge in [-0.05, 0) is 48.5 Å². The molecule has 268 valence electrons. The van der Waals surface area contributed by atoms with Crippen LogP contribution in [0.3, 0.4) is 0 Å². The Morgan fingerprint density at radius 3 is 1.11 bits per heavy atom. The molecule has 0 unspecified atom stereocenters. The van der Waals surface area contributed by atoms with Crippen LogP contribution in [0.1, 0.15) is 0 Å². The van der Waals surface area contributed by atoms with Gasteiger partial charge in [-0.2, -0.15) is 0 Å². The van der Waals surface area contributed by atoms with E-state index in [2.05, 4.69) is 105 Å². The Morgan fingerprint density at radius 2 is 0.649 bits per heavy atom. The molecule has 0 saturated carbocycles. The molecule has 0 aliphatic rings. The normalized spacial score (nSPS) is 11.5. The maximum atomic E-state index is 5.47. The van der Waals surface area contributed by atoms with Crippen molar-refractivity contribution in [2.24, 2.45) is 0 Å². The van der Waals surface area contributed by atoms with Gasteiger partial charge in [0.2, 0.25) is 0 Å². The first-order valence-corrected chi connectivity index (χ1v) is 18.9. The second kappa shape index (κ2) is 13.4. The lowest BCUT2D eigenvalue weighted by Gasteiger charge is -2.17. The molecule has 4 aromatic heterocycles. The van der Waals surface area contributed by atoms with Crippen LogP contribution >= 0.6 is 0 Å². The number of fused-ring (bicyclic) bond motifs is 3. The molecular weight excluding hydrogens is 701 g/mol. The molecule has 0 aliphatic carbocycles. The first kappa shape index (κ1) is 32.5. The lowest BCUT2D eigenvalue weighted by Crippen LogP contribution is -2.09. The van der Waals surface area contributed by atoms with Crippen LogP contribution in [0.15, 0.2) is 194 Å². The van der Waals surface area contributed by atoms with E-state index in [0.29, 0.717) is 17.5 Å². The number of rotatable bonds is 7. The van der Waals surface area contributed by atoms with Crippen molar-refractivity contribution in [3.8, 4) is 62.9 Å². The minimum Gasteiger partial charge on any atom is -0.292 e. The molecule has 0 radical (unpaired) electrons. The number of benzene rings is 7. The highest BCUT2D eigenvalue weighted by Crippen LogP contribution is 2.36. The number of hydrogen-bond acceptors (Lipinski definition) is 5. The number of nitrogens with zero attached hydrogens (tertiary/aromatic N) is 8. The zero-order valence-corrected chi connectivity index (χ0v) is 30.6. The Labute approximate surface area is 327 Å². The Hall–Kier alpha value is -7.97. The molecule has 0 atom stereocenters. The fourth-order valence-corrected chi connectivity index (χ4v) is 7.76. The minimum atomic E-state index is 0.545. The predicted molar refractivity (Wildman–Crippen MR) is 228 cm³/mol. The summed E-state index contributed by atoms with van der Waals surface area (Å²) in [6, 6.07) is 65.9. The highest BCUT2D eigenvalue weighted by Gasteiger charge is 2.24. The van der Waals surface area contributed by atoms with Crippen LogP contribution in [0.4, 0.5) is 0 Å². The van der Waals surface area contributed by atoms with E-state index in [1.807, 2.05) is 103 Å². The Morgan fingerprint density at radius 1 is 0.298 bits per heavy atom. The van der Waals surface area contributed by atoms with Gasteiger partial charge >= 0.3 is 0 Å². The van der Waals surface area contributed by atoms with Crippen molar-refractivity contribution in [3.05, 3.63) is 194 Å². The van der Waals surface area contributed by atoms with Gasteiger partial charge in [-0.3, -0.25) is 13.7 Å². The topological polar surface area (TPSA) is 79.2 Å². The molecule has 0 fully saturated rings.